The van der Waals surface area contributed by atoms with Crippen molar-refractivity contribution in [3.63, 3.8) is 0 Å². The Kier molecular flexibility index (Phi) is 4.93. The second-order valence-corrected chi connectivity index (χ2v) is 5.15. The Morgan fingerprint density at radius 2 is 2.05 bits per heavy atom. The molecule has 1 atom stereocenters. The van der Waals surface area contributed by atoms with Gasteiger partial charge in [0.1, 0.15) is 4.60 Å². The molecule has 0 fully saturated rings. The molecule has 0 aliphatic rings. The highest BCUT2D eigenvalue weighted by molar-refractivity contribution is 9.10. The van der Waals surface area contributed by atoms with Gasteiger partial charge in [-0.15, -0.1) is 0 Å². The van der Waals surface area contributed by atoms with E-state index in [0.717, 1.165) is 15.9 Å². The number of aryl methyl sites for hydroxylation is 1. The molecule has 0 aliphatic heterocycles. The fourth-order valence-corrected chi connectivity index (χ4v) is 2.13. The number of nitrogens with zero attached hydrogens (tertiary/aromatic N) is 1. The van der Waals surface area contributed by atoms with Gasteiger partial charge in [0.15, 0.2) is 0 Å². The fourth-order valence-electron chi connectivity index (χ4n) is 1.91. The molecule has 1 aromatic heterocycles. The van der Waals surface area contributed by atoms with Gasteiger partial charge in [0, 0.05) is 7.11 Å². The molecule has 3 nitrogen and oxygen atoms in total. The SMILES string of the molecule is COCC(Nc1cnc(Br)c(C)c1)c1ccccc1. The van der Waals surface area contributed by atoms with E-state index in [0.29, 0.717) is 6.61 Å². The Morgan fingerprint density at radius 1 is 1.32 bits per heavy atom. The zero-order valence-corrected chi connectivity index (χ0v) is 12.6. The number of aromatic nitrogens is 1. The number of hydrogen-bond acceptors (Lipinski definition) is 3. The van der Waals surface area contributed by atoms with Crippen LogP contribution >= 0.6 is 15.9 Å². The van der Waals surface area contributed by atoms with Crippen molar-refractivity contribution in [2.45, 2.75) is 13.0 Å². The first kappa shape index (κ1) is 14.0. The first-order valence-corrected chi connectivity index (χ1v) is 6.92. The third-order valence-electron chi connectivity index (χ3n) is 2.89. The minimum Gasteiger partial charge on any atom is -0.382 e. The van der Waals surface area contributed by atoms with Crippen molar-refractivity contribution in [3.8, 4) is 0 Å². The number of ether oxygens (including phenoxy) is 1. The van der Waals surface area contributed by atoms with Crippen LogP contribution in [0.5, 0.6) is 0 Å². The number of benzene rings is 1. The smallest absolute Gasteiger partial charge is 0.109 e. The third-order valence-corrected chi connectivity index (χ3v) is 3.72. The van der Waals surface area contributed by atoms with Crippen molar-refractivity contribution in [2.24, 2.45) is 0 Å². The van der Waals surface area contributed by atoms with Crippen LogP contribution in [0.2, 0.25) is 0 Å². The average molecular weight is 321 g/mol. The molecular weight excluding hydrogens is 304 g/mol. The summed E-state index contributed by atoms with van der Waals surface area (Å²) < 4.78 is 6.17. The second-order valence-electron chi connectivity index (χ2n) is 4.39. The van der Waals surface area contributed by atoms with Crippen LogP contribution in [0, 0.1) is 6.92 Å². The lowest BCUT2D eigenvalue weighted by Gasteiger charge is -2.19. The molecule has 1 N–H and O–H groups in total. The lowest BCUT2D eigenvalue weighted by atomic mass is 10.1. The van der Waals surface area contributed by atoms with Crippen LogP contribution in [-0.2, 0) is 4.74 Å². The Labute approximate surface area is 122 Å². The highest BCUT2D eigenvalue weighted by Gasteiger charge is 2.11. The normalized spacial score (nSPS) is 12.2. The van der Waals surface area contributed by atoms with E-state index >= 15 is 0 Å². The summed E-state index contributed by atoms with van der Waals surface area (Å²) in [5, 5.41) is 3.46. The summed E-state index contributed by atoms with van der Waals surface area (Å²) >= 11 is 3.41. The van der Waals surface area contributed by atoms with Crippen molar-refractivity contribution < 1.29 is 4.74 Å². The molecule has 0 bridgehead atoms. The van der Waals surface area contributed by atoms with Crippen molar-refractivity contribution in [2.75, 3.05) is 19.0 Å². The standard InChI is InChI=1S/C15H17BrN2O/c1-11-8-13(9-17-15(11)16)18-14(10-19-2)12-6-4-3-5-7-12/h3-9,14,18H,10H2,1-2H3. The Balaban J connectivity index is 2.19. The molecule has 2 aromatic rings. The molecule has 0 amide bonds. The Morgan fingerprint density at radius 3 is 2.68 bits per heavy atom. The maximum atomic E-state index is 5.29. The summed E-state index contributed by atoms with van der Waals surface area (Å²) in [5.41, 5.74) is 3.30. The van der Waals surface area contributed by atoms with Crippen LogP contribution in [0.25, 0.3) is 0 Å². The van der Waals surface area contributed by atoms with E-state index < -0.39 is 0 Å². The lowest BCUT2D eigenvalue weighted by Crippen LogP contribution is -2.16. The number of anilines is 1. The zero-order valence-electron chi connectivity index (χ0n) is 11.1. The number of hydrogen-bond donors (Lipinski definition) is 1. The molecular formula is C15H17BrN2O. The number of nitrogens with one attached hydrogen (secondary N) is 1. The first-order valence-electron chi connectivity index (χ1n) is 6.13. The summed E-state index contributed by atoms with van der Waals surface area (Å²) in [5.74, 6) is 0. The minimum absolute atomic E-state index is 0.119. The van der Waals surface area contributed by atoms with Crippen molar-refractivity contribution in [1.82, 2.24) is 4.98 Å². The summed E-state index contributed by atoms with van der Waals surface area (Å²) in [4.78, 5) is 4.30. The molecule has 2 rings (SSSR count). The predicted molar refractivity (Wildman–Crippen MR) is 81.4 cm³/mol. The van der Waals surface area contributed by atoms with E-state index in [-0.39, 0.29) is 6.04 Å². The summed E-state index contributed by atoms with van der Waals surface area (Å²) in [7, 11) is 1.71. The van der Waals surface area contributed by atoms with Crippen LogP contribution in [-0.4, -0.2) is 18.7 Å². The van der Waals surface area contributed by atoms with Gasteiger partial charge in [-0.3, -0.25) is 0 Å². The van der Waals surface area contributed by atoms with E-state index in [2.05, 4.69) is 44.4 Å². The van der Waals surface area contributed by atoms with Gasteiger partial charge in [0.2, 0.25) is 0 Å². The largest absolute Gasteiger partial charge is 0.382 e. The Hall–Kier alpha value is -1.39. The third kappa shape index (κ3) is 3.78. The number of methoxy groups -OCH3 is 1. The molecule has 0 saturated carbocycles. The van der Waals surface area contributed by atoms with E-state index in [1.54, 1.807) is 7.11 Å². The molecule has 0 aliphatic carbocycles. The highest BCUT2D eigenvalue weighted by Crippen LogP contribution is 2.22. The maximum absolute atomic E-state index is 5.29. The van der Waals surface area contributed by atoms with Crippen LogP contribution < -0.4 is 5.32 Å². The van der Waals surface area contributed by atoms with Gasteiger partial charge in [-0.05, 0) is 40.0 Å². The van der Waals surface area contributed by atoms with Gasteiger partial charge < -0.3 is 10.1 Å². The van der Waals surface area contributed by atoms with Gasteiger partial charge in [-0.25, -0.2) is 4.98 Å². The van der Waals surface area contributed by atoms with Crippen LogP contribution in [0.1, 0.15) is 17.2 Å². The van der Waals surface area contributed by atoms with Gasteiger partial charge in [-0.1, -0.05) is 30.3 Å². The zero-order chi connectivity index (χ0) is 13.7. The second kappa shape index (κ2) is 6.68. The fraction of sp³-hybridized carbons (Fsp3) is 0.267. The van der Waals surface area contributed by atoms with Gasteiger partial charge >= 0.3 is 0 Å². The molecule has 1 heterocycles. The van der Waals surface area contributed by atoms with Gasteiger partial charge in [-0.2, -0.15) is 0 Å². The van der Waals surface area contributed by atoms with E-state index in [4.69, 9.17) is 4.74 Å². The molecule has 100 valence electrons. The number of halogens is 1. The first-order chi connectivity index (χ1) is 9.20. The molecule has 0 radical (unpaired) electrons. The summed E-state index contributed by atoms with van der Waals surface area (Å²) in [6.07, 6.45) is 1.82. The maximum Gasteiger partial charge on any atom is 0.109 e. The number of rotatable bonds is 5. The summed E-state index contributed by atoms with van der Waals surface area (Å²) in [6.45, 7) is 2.63. The molecule has 4 heteroatoms. The lowest BCUT2D eigenvalue weighted by molar-refractivity contribution is 0.186. The summed E-state index contributed by atoms with van der Waals surface area (Å²) in [6, 6.07) is 12.5. The van der Waals surface area contributed by atoms with E-state index in [1.807, 2.05) is 31.3 Å². The van der Waals surface area contributed by atoms with Crippen LogP contribution in [0.3, 0.4) is 0 Å². The molecule has 1 unspecified atom stereocenters. The Bertz CT molecular complexity index is 531. The number of pyridine rings is 1. The van der Waals surface area contributed by atoms with Gasteiger partial charge in [0.05, 0.1) is 24.5 Å². The highest BCUT2D eigenvalue weighted by atomic mass is 79.9. The molecule has 0 saturated heterocycles. The average Bonchev–Trinajstić information content (AvgIpc) is 2.43. The van der Waals surface area contributed by atoms with Crippen molar-refractivity contribution in [3.05, 3.63) is 58.3 Å². The van der Waals surface area contributed by atoms with Crippen molar-refractivity contribution in [1.29, 1.82) is 0 Å². The quantitative estimate of drug-likeness (QED) is 0.847. The van der Waals surface area contributed by atoms with E-state index in [9.17, 15) is 0 Å². The minimum atomic E-state index is 0.119. The van der Waals surface area contributed by atoms with Crippen LogP contribution in [0.4, 0.5) is 5.69 Å². The topological polar surface area (TPSA) is 34.1 Å². The molecule has 0 spiro atoms. The molecule has 19 heavy (non-hydrogen) atoms. The monoisotopic (exact) mass is 320 g/mol. The predicted octanol–water partition coefficient (Wildman–Crippen LogP) is 3.95. The van der Waals surface area contributed by atoms with Gasteiger partial charge in [0.25, 0.3) is 0 Å². The molecule has 1 aromatic carbocycles. The van der Waals surface area contributed by atoms with Crippen molar-refractivity contribution >= 4 is 21.6 Å². The van der Waals surface area contributed by atoms with E-state index in [1.165, 1.54) is 5.56 Å². The van der Waals surface area contributed by atoms with Crippen LogP contribution in [0.15, 0.2) is 47.2 Å².